The van der Waals surface area contributed by atoms with Crippen LogP contribution in [0, 0.1) is 0 Å². The number of hydrogen-bond donors (Lipinski definition) is 0. The maximum Gasteiger partial charge on any atom is 0.259 e. The molecule has 138 valence electrons. The van der Waals surface area contributed by atoms with Crippen molar-refractivity contribution >= 4 is 17.4 Å². The van der Waals surface area contributed by atoms with Gasteiger partial charge in [0, 0.05) is 70.0 Å². The summed E-state index contributed by atoms with van der Waals surface area (Å²) in [7, 11) is 0. The Morgan fingerprint density at radius 3 is 2.48 bits per heavy atom. The van der Waals surface area contributed by atoms with Crippen LogP contribution in [0.3, 0.4) is 0 Å². The molecule has 2 fully saturated rings. The third-order valence-corrected chi connectivity index (χ3v) is 5.41. The summed E-state index contributed by atoms with van der Waals surface area (Å²) in [6.45, 7) is 5.72. The minimum Gasteiger partial charge on any atom is -0.353 e. The fraction of sp³-hybridized carbons (Fsp3) is 0.368. The normalized spacial score (nSPS) is 18.7. The van der Waals surface area contributed by atoms with Gasteiger partial charge in [-0.3, -0.25) is 14.1 Å². The Bertz CT molecular complexity index is 992. The Morgan fingerprint density at radius 2 is 1.70 bits per heavy atom. The molecule has 2 aliphatic heterocycles. The van der Waals surface area contributed by atoms with E-state index in [0.29, 0.717) is 11.7 Å². The summed E-state index contributed by atoms with van der Waals surface area (Å²) in [6.07, 6.45) is 5.33. The molecule has 8 nitrogen and oxygen atoms in total. The van der Waals surface area contributed by atoms with E-state index in [1.807, 2.05) is 24.3 Å². The fourth-order valence-corrected chi connectivity index (χ4v) is 3.82. The van der Waals surface area contributed by atoms with Crippen molar-refractivity contribution in [1.29, 1.82) is 0 Å². The van der Waals surface area contributed by atoms with E-state index >= 15 is 0 Å². The zero-order chi connectivity index (χ0) is 18.2. The van der Waals surface area contributed by atoms with Gasteiger partial charge in [0.15, 0.2) is 0 Å². The van der Waals surface area contributed by atoms with Gasteiger partial charge in [-0.05, 0) is 18.2 Å². The highest BCUT2D eigenvalue weighted by Crippen LogP contribution is 2.23. The predicted octanol–water partition coefficient (Wildman–Crippen LogP) is 0.495. The van der Waals surface area contributed by atoms with E-state index < -0.39 is 0 Å². The highest BCUT2D eigenvalue weighted by Gasteiger charge is 2.34. The summed E-state index contributed by atoms with van der Waals surface area (Å²) in [4.78, 5) is 32.5. The molecule has 27 heavy (non-hydrogen) atoms. The van der Waals surface area contributed by atoms with Gasteiger partial charge in [-0.25, -0.2) is 15.0 Å². The third kappa shape index (κ3) is 3.02. The molecule has 0 saturated carbocycles. The first-order chi connectivity index (χ1) is 13.3. The quantitative estimate of drug-likeness (QED) is 0.671. The van der Waals surface area contributed by atoms with Crippen LogP contribution in [0.2, 0.25) is 0 Å². The van der Waals surface area contributed by atoms with Gasteiger partial charge in [-0.15, -0.1) is 0 Å². The largest absolute Gasteiger partial charge is 0.353 e. The maximum absolute atomic E-state index is 12.3. The lowest BCUT2D eigenvalue weighted by Crippen LogP contribution is -2.63. The van der Waals surface area contributed by atoms with E-state index in [0.717, 1.165) is 51.0 Å². The Balaban J connectivity index is 1.21. The van der Waals surface area contributed by atoms with E-state index in [9.17, 15) is 4.79 Å². The van der Waals surface area contributed by atoms with Crippen molar-refractivity contribution in [3.05, 3.63) is 59.3 Å². The van der Waals surface area contributed by atoms with Crippen LogP contribution in [0.15, 0.2) is 53.7 Å². The van der Waals surface area contributed by atoms with E-state index in [-0.39, 0.29) is 5.56 Å². The first-order valence-corrected chi connectivity index (χ1v) is 9.27. The van der Waals surface area contributed by atoms with Gasteiger partial charge in [0.25, 0.3) is 5.56 Å². The van der Waals surface area contributed by atoms with E-state index in [1.54, 1.807) is 29.1 Å². The zero-order valence-corrected chi connectivity index (χ0v) is 15.0. The molecule has 0 unspecified atom stereocenters. The fourth-order valence-electron chi connectivity index (χ4n) is 3.82. The van der Waals surface area contributed by atoms with Crippen LogP contribution in [0.4, 0.5) is 11.8 Å². The van der Waals surface area contributed by atoms with Crippen LogP contribution in [-0.2, 0) is 0 Å². The Morgan fingerprint density at radius 1 is 0.926 bits per heavy atom. The molecule has 8 heteroatoms. The van der Waals surface area contributed by atoms with Gasteiger partial charge in [0.1, 0.15) is 11.5 Å². The summed E-state index contributed by atoms with van der Waals surface area (Å²) in [5, 5.41) is 0. The number of fused-ring (bicyclic) bond motifs is 1. The standard InChI is InChI=1S/C19H21N7O/c27-18-12-17(22-16-4-1-2-7-26(16)18)25-13-15(14-25)23-8-10-24(11-9-23)19-20-5-3-6-21-19/h1-7,12,15H,8-11,13-14H2. The van der Waals surface area contributed by atoms with Gasteiger partial charge in [-0.2, -0.15) is 0 Å². The van der Waals surface area contributed by atoms with Crippen LogP contribution < -0.4 is 15.4 Å². The minimum absolute atomic E-state index is 0.0319. The second-order valence-corrected chi connectivity index (χ2v) is 7.01. The molecule has 2 saturated heterocycles. The van der Waals surface area contributed by atoms with Crippen molar-refractivity contribution in [3.8, 4) is 0 Å². The van der Waals surface area contributed by atoms with Crippen molar-refractivity contribution in [2.24, 2.45) is 0 Å². The first-order valence-electron chi connectivity index (χ1n) is 9.27. The first kappa shape index (κ1) is 16.2. The molecule has 0 amide bonds. The highest BCUT2D eigenvalue weighted by atomic mass is 16.1. The van der Waals surface area contributed by atoms with Crippen molar-refractivity contribution < 1.29 is 0 Å². The highest BCUT2D eigenvalue weighted by molar-refractivity contribution is 5.50. The molecule has 5 rings (SSSR count). The number of pyridine rings is 1. The summed E-state index contributed by atoms with van der Waals surface area (Å²) in [5.41, 5.74) is 0.662. The average Bonchev–Trinajstić information content (AvgIpc) is 2.68. The van der Waals surface area contributed by atoms with Crippen LogP contribution >= 0.6 is 0 Å². The minimum atomic E-state index is -0.0319. The van der Waals surface area contributed by atoms with Crippen LogP contribution in [0.1, 0.15) is 0 Å². The SMILES string of the molecule is O=c1cc(N2CC(N3CCN(c4ncccn4)CC3)C2)nc2ccccn12. The van der Waals surface area contributed by atoms with Gasteiger partial charge < -0.3 is 9.80 Å². The zero-order valence-electron chi connectivity index (χ0n) is 15.0. The lowest BCUT2D eigenvalue weighted by atomic mass is 10.1. The summed E-state index contributed by atoms with van der Waals surface area (Å²) in [6, 6.07) is 9.60. The number of hydrogen-bond acceptors (Lipinski definition) is 7. The van der Waals surface area contributed by atoms with Crippen LogP contribution in [-0.4, -0.2) is 69.6 Å². The van der Waals surface area contributed by atoms with Crippen molar-refractivity contribution in [3.63, 3.8) is 0 Å². The van der Waals surface area contributed by atoms with E-state index in [1.165, 1.54) is 0 Å². The number of anilines is 2. The summed E-state index contributed by atoms with van der Waals surface area (Å²) in [5.74, 6) is 1.59. The number of nitrogens with zero attached hydrogens (tertiary/aromatic N) is 7. The molecule has 0 spiro atoms. The molecule has 3 aromatic rings. The molecule has 2 aliphatic rings. The molecule has 3 aromatic heterocycles. The average molecular weight is 363 g/mol. The Labute approximate surface area is 156 Å². The van der Waals surface area contributed by atoms with Gasteiger partial charge in [0.05, 0.1) is 0 Å². The van der Waals surface area contributed by atoms with Crippen LogP contribution in [0.25, 0.3) is 5.65 Å². The second kappa shape index (κ2) is 6.62. The summed E-state index contributed by atoms with van der Waals surface area (Å²) < 4.78 is 1.58. The number of aromatic nitrogens is 4. The molecular formula is C19H21N7O. The molecule has 5 heterocycles. The molecule has 0 radical (unpaired) electrons. The van der Waals surface area contributed by atoms with Gasteiger partial charge in [-0.1, -0.05) is 6.07 Å². The molecule has 0 aliphatic carbocycles. The lowest BCUT2D eigenvalue weighted by Gasteiger charge is -2.48. The smallest absolute Gasteiger partial charge is 0.259 e. The van der Waals surface area contributed by atoms with Crippen molar-refractivity contribution in [1.82, 2.24) is 24.3 Å². The molecule has 0 N–H and O–H groups in total. The van der Waals surface area contributed by atoms with Crippen molar-refractivity contribution in [2.75, 3.05) is 49.1 Å². The lowest BCUT2D eigenvalue weighted by molar-refractivity contribution is 0.156. The monoisotopic (exact) mass is 363 g/mol. The maximum atomic E-state index is 12.3. The van der Waals surface area contributed by atoms with E-state index in [4.69, 9.17) is 0 Å². The number of rotatable bonds is 3. The van der Waals surface area contributed by atoms with Crippen molar-refractivity contribution in [2.45, 2.75) is 6.04 Å². The molecule has 0 aromatic carbocycles. The molecular weight excluding hydrogens is 342 g/mol. The molecule has 0 atom stereocenters. The van der Waals surface area contributed by atoms with Crippen LogP contribution in [0.5, 0.6) is 0 Å². The molecule has 0 bridgehead atoms. The third-order valence-electron chi connectivity index (χ3n) is 5.41. The second-order valence-electron chi connectivity index (χ2n) is 7.01. The number of piperazine rings is 1. The van der Waals surface area contributed by atoms with E-state index in [2.05, 4.69) is 29.7 Å². The Hall–Kier alpha value is -3.00. The van der Waals surface area contributed by atoms with Gasteiger partial charge >= 0.3 is 0 Å². The van der Waals surface area contributed by atoms with Gasteiger partial charge in [0.2, 0.25) is 5.95 Å². The predicted molar refractivity (Wildman–Crippen MR) is 103 cm³/mol. The summed E-state index contributed by atoms with van der Waals surface area (Å²) >= 11 is 0. The Kier molecular flexibility index (Phi) is 3.97. The topological polar surface area (TPSA) is 69.9 Å².